The van der Waals surface area contributed by atoms with Crippen molar-refractivity contribution in [3.05, 3.63) is 113 Å². The van der Waals surface area contributed by atoms with Crippen molar-refractivity contribution in [2.24, 2.45) is 0 Å². The van der Waals surface area contributed by atoms with Crippen molar-refractivity contribution in [1.29, 1.82) is 0 Å². The molecule has 0 unspecified atom stereocenters. The fourth-order valence-electron chi connectivity index (χ4n) is 3.95. The third-order valence-corrected chi connectivity index (χ3v) is 5.71. The number of nitrogens with one attached hydrogen (secondary N) is 1. The number of amides is 3. The molecule has 0 spiro atoms. The van der Waals surface area contributed by atoms with E-state index in [0.29, 0.717) is 21.9 Å². The van der Waals surface area contributed by atoms with Crippen LogP contribution in [0.15, 0.2) is 95.5 Å². The minimum Gasteiger partial charge on any atom is -0.439 e. The second kappa shape index (κ2) is 7.98. The summed E-state index contributed by atoms with van der Waals surface area (Å²) in [6.07, 6.45) is 1.56. The first kappa shape index (κ1) is 20.0. The Hall–Kier alpha value is -3.90. The zero-order valence-corrected chi connectivity index (χ0v) is 17.6. The number of hydrogen-bond donors (Lipinski definition) is 1. The standard InChI is InChI=1S/C25H18ClN3O3/c26-20-13-7-8-17(14-20)21-15-27-22(32-21)16-29-23(30)25(28-24(29)31,18-9-3-1-4-10-18)19-11-5-2-6-12-19/h1-15H,16H2,(H,28,31). The maximum absolute atomic E-state index is 13.7. The van der Waals surface area contributed by atoms with Crippen molar-refractivity contribution >= 4 is 23.5 Å². The molecule has 6 nitrogen and oxygen atoms in total. The number of benzene rings is 3. The Labute approximate surface area is 189 Å². The van der Waals surface area contributed by atoms with Crippen LogP contribution in [0, 0.1) is 0 Å². The van der Waals surface area contributed by atoms with Crippen LogP contribution in [0.3, 0.4) is 0 Å². The number of nitrogens with zero attached hydrogens (tertiary/aromatic N) is 2. The van der Waals surface area contributed by atoms with Crippen molar-refractivity contribution < 1.29 is 14.0 Å². The summed E-state index contributed by atoms with van der Waals surface area (Å²) in [5.41, 5.74) is 0.802. The Kier molecular flexibility index (Phi) is 4.99. The number of rotatable bonds is 5. The van der Waals surface area contributed by atoms with Crippen LogP contribution in [0.1, 0.15) is 17.0 Å². The van der Waals surface area contributed by atoms with Crippen molar-refractivity contribution in [3.63, 3.8) is 0 Å². The number of aromatic nitrogens is 1. The summed E-state index contributed by atoms with van der Waals surface area (Å²) < 4.78 is 5.82. The molecule has 0 aliphatic carbocycles. The molecule has 0 bridgehead atoms. The van der Waals surface area contributed by atoms with Gasteiger partial charge < -0.3 is 9.73 Å². The van der Waals surface area contributed by atoms with Crippen LogP contribution >= 0.6 is 11.6 Å². The Morgan fingerprint density at radius 1 is 0.906 bits per heavy atom. The highest BCUT2D eigenvalue weighted by molar-refractivity contribution is 6.30. The normalized spacial score (nSPS) is 15.1. The van der Waals surface area contributed by atoms with E-state index >= 15 is 0 Å². The van der Waals surface area contributed by atoms with Gasteiger partial charge >= 0.3 is 6.03 Å². The summed E-state index contributed by atoms with van der Waals surface area (Å²) >= 11 is 6.06. The molecule has 7 heteroatoms. The predicted molar refractivity (Wildman–Crippen MR) is 120 cm³/mol. The lowest BCUT2D eigenvalue weighted by Crippen LogP contribution is -2.45. The summed E-state index contributed by atoms with van der Waals surface area (Å²) in [5.74, 6) is 0.370. The van der Waals surface area contributed by atoms with Gasteiger partial charge in [0.1, 0.15) is 6.54 Å². The van der Waals surface area contributed by atoms with E-state index in [0.717, 1.165) is 10.5 Å². The summed E-state index contributed by atoms with van der Waals surface area (Å²) in [7, 11) is 0. The molecule has 0 radical (unpaired) electrons. The highest BCUT2D eigenvalue weighted by atomic mass is 35.5. The molecule has 0 atom stereocenters. The van der Waals surface area contributed by atoms with E-state index < -0.39 is 11.6 Å². The van der Waals surface area contributed by atoms with Crippen LogP contribution in [0.5, 0.6) is 0 Å². The lowest BCUT2D eigenvalue weighted by atomic mass is 9.82. The molecule has 32 heavy (non-hydrogen) atoms. The maximum atomic E-state index is 13.7. The van der Waals surface area contributed by atoms with Gasteiger partial charge in [-0.2, -0.15) is 0 Å². The van der Waals surface area contributed by atoms with Gasteiger partial charge in [-0.3, -0.25) is 9.69 Å². The Balaban J connectivity index is 1.49. The lowest BCUT2D eigenvalue weighted by Gasteiger charge is -2.27. The monoisotopic (exact) mass is 443 g/mol. The SMILES string of the molecule is O=C1NC(c2ccccc2)(c2ccccc2)C(=O)N1Cc1ncc(-c2cccc(Cl)c2)o1. The van der Waals surface area contributed by atoms with E-state index in [1.165, 1.54) is 0 Å². The van der Waals surface area contributed by atoms with Crippen LogP contribution < -0.4 is 5.32 Å². The van der Waals surface area contributed by atoms with Crippen molar-refractivity contribution in [2.45, 2.75) is 12.1 Å². The Bertz CT molecular complexity index is 1250. The smallest absolute Gasteiger partial charge is 0.326 e. The molecule has 0 saturated carbocycles. The molecule has 1 N–H and O–H groups in total. The molecule has 2 heterocycles. The van der Waals surface area contributed by atoms with Gasteiger partial charge in [0.15, 0.2) is 11.3 Å². The van der Waals surface area contributed by atoms with Gasteiger partial charge in [0.05, 0.1) is 6.20 Å². The Morgan fingerprint density at radius 2 is 1.56 bits per heavy atom. The van der Waals surface area contributed by atoms with Gasteiger partial charge in [0.2, 0.25) is 5.89 Å². The molecule has 5 rings (SSSR count). The molecule has 158 valence electrons. The number of oxazole rings is 1. The number of imide groups is 1. The first-order chi connectivity index (χ1) is 15.6. The van der Waals surface area contributed by atoms with E-state index in [4.69, 9.17) is 16.0 Å². The topological polar surface area (TPSA) is 75.4 Å². The van der Waals surface area contributed by atoms with Gasteiger partial charge in [-0.15, -0.1) is 0 Å². The molecule has 1 aromatic heterocycles. The van der Waals surface area contributed by atoms with Crippen LogP contribution in [0.2, 0.25) is 5.02 Å². The van der Waals surface area contributed by atoms with Crippen LogP contribution in [0.4, 0.5) is 4.79 Å². The highest BCUT2D eigenvalue weighted by Gasteiger charge is 2.53. The molecule has 1 saturated heterocycles. The zero-order valence-electron chi connectivity index (χ0n) is 16.9. The molecular weight excluding hydrogens is 426 g/mol. The fraction of sp³-hybridized carbons (Fsp3) is 0.0800. The van der Waals surface area contributed by atoms with E-state index in [1.54, 1.807) is 18.3 Å². The van der Waals surface area contributed by atoms with Crippen molar-refractivity contribution in [2.75, 3.05) is 0 Å². The van der Waals surface area contributed by atoms with Gasteiger partial charge in [-0.25, -0.2) is 9.78 Å². The summed E-state index contributed by atoms with van der Waals surface area (Å²) in [4.78, 5) is 32.1. The minimum absolute atomic E-state index is 0.0906. The molecule has 3 aromatic carbocycles. The summed E-state index contributed by atoms with van der Waals surface area (Å²) in [6.45, 7) is -0.0906. The van der Waals surface area contributed by atoms with Crippen LogP contribution in [-0.2, 0) is 16.9 Å². The molecule has 1 aliphatic rings. The zero-order chi connectivity index (χ0) is 22.1. The Morgan fingerprint density at radius 3 is 2.19 bits per heavy atom. The quantitative estimate of drug-likeness (QED) is 0.441. The first-order valence-corrected chi connectivity index (χ1v) is 10.4. The average molecular weight is 444 g/mol. The van der Waals surface area contributed by atoms with E-state index in [9.17, 15) is 9.59 Å². The van der Waals surface area contributed by atoms with E-state index in [-0.39, 0.29) is 18.3 Å². The van der Waals surface area contributed by atoms with Crippen molar-refractivity contribution in [3.8, 4) is 11.3 Å². The number of urea groups is 1. The van der Waals surface area contributed by atoms with Gasteiger partial charge in [0, 0.05) is 10.6 Å². The third-order valence-electron chi connectivity index (χ3n) is 5.48. The molecule has 1 aliphatic heterocycles. The molecule has 3 amide bonds. The average Bonchev–Trinajstić information content (AvgIpc) is 3.39. The largest absolute Gasteiger partial charge is 0.439 e. The number of carbonyl (C=O) groups excluding carboxylic acids is 2. The first-order valence-electron chi connectivity index (χ1n) is 10.0. The number of carbonyl (C=O) groups is 2. The predicted octanol–water partition coefficient (Wildman–Crippen LogP) is 4.99. The van der Waals surface area contributed by atoms with Crippen molar-refractivity contribution in [1.82, 2.24) is 15.2 Å². The molecular formula is C25H18ClN3O3. The fourth-order valence-corrected chi connectivity index (χ4v) is 4.14. The second-order valence-corrected chi connectivity index (χ2v) is 7.87. The van der Waals surface area contributed by atoms with E-state index in [2.05, 4.69) is 10.3 Å². The third kappa shape index (κ3) is 3.35. The highest BCUT2D eigenvalue weighted by Crippen LogP contribution is 2.36. The van der Waals surface area contributed by atoms with Gasteiger partial charge in [0.25, 0.3) is 5.91 Å². The second-order valence-electron chi connectivity index (χ2n) is 7.43. The van der Waals surface area contributed by atoms with Crippen LogP contribution in [0.25, 0.3) is 11.3 Å². The van der Waals surface area contributed by atoms with Gasteiger partial charge in [-0.1, -0.05) is 84.4 Å². The lowest BCUT2D eigenvalue weighted by molar-refractivity contribution is -0.130. The number of hydrogen-bond acceptors (Lipinski definition) is 4. The molecule has 1 fully saturated rings. The summed E-state index contributed by atoms with van der Waals surface area (Å²) in [5, 5.41) is 3.49. The number of halogens is 1. The minimum atomic E-state index is -1.32. The molecule has 4 aromatic rings. The van der Waals surface area contributed by atoms with E-state index in [1.807, 2.05) is 72.8 Å². The van der Waals surface area contributed by atoms with Gasteiger partial charge in [-0.05, 0) is 23.3 Å². The summed E-state index contributed by atoms with van der Waals surface area (Å²) in [6, 6.07) is 25.1. The maximum Gasteiger partial charge on any atom is 0.326 e. The van der Waals surface area contributed by atoms with Crippen LogP contribution in [-0.4, -0.2) is 21.8 Å².